The van der Waals surface area contributed by atoms with Crippen LogP contribution in [0.5, 0.6) is 0 Å². The minimum absolute atomic E-state index is 0.286. The van der Waals surface area contributed by atoms with Gasteiger partial charge >= 0.3 is 0 Å². The molecule has 0 amide bonds. The SMILES string of the molecule is Cc1ccc2c(oc3cc(F)ccc32)c1-n1ccc[n+]1C. The molecule has 0 spiro atoms. The summed E-state index contributed by atoms with van der Waals surface area (Å²) in [5.74, 6) is -0.286. The second kappa shape index (κ2) is 4.19. The van der Waals surface area contributed by atoms with Gasteiger partial charge in [0.15, 0.2) is 24.5 Å². The summed E-state index contributed by atoms with van der Waals surface area (Å²) < 4.78 is 23.4. The van der Waals surface area contributed by atoms with Crippen molar-refractivity contribution in [1.82, 2.24) is 4.68 Å². The molecule has 4 rings (SSSR count). The summed E-state index contributed by atoms with van der Waals surface area (Å²) in [5.41, 5.74) is 3.44. The van der Waals surface area contributed by atoms with Crippen molar-refractivity contribution in [2.45, 2.75) is 6.92 Å². The first-order chi connectivity index (χ1) is 10.1. The van der Waals surface area contributed by atoms with Gasteiger partial charge in [0.25, 0.3) is 0 Å². The van der Waals surface area contributed by atoms with Crippen molar-refractivity contribution in [3.63, 3.8) is 0 Å². The van der Waals surface area contributed by atoms with E-state index >= 15 is 0 Å². The van der Waals surface area contributed by atoms with Crippen LogP contribution in [0, 0.1) is 12.7 Å². The predicted octanol–water partition coefficient (Wildman–Crippen LogP) is 3.65. The summed E-state index contributed by atoms with van der Waals surface area (Å²) in [7, 11) is 1.97. The molecule has 0 bridgehead atoms. The molecule has 0 aliphatic carbocycles. The minimum atomic E-state index is -0.286. The average Bonchev–Trinajstić information content (AvgIpc) is 3.01. The largest absolute Gasteiger partial charge is 0.453 e. The Bertz CT molecular complexity index is 981. The summed E-state index contributed by atoms with van der Waals surface area (Å²) >= 11 is 0. The van der Waals surface area contributed by atoms with Crippen LogP contribution in [-0.2, 0) is 7.05 Å². The van der Waals surface area contributed by atoms with Crippen LogP contribution in [-0.4, -0.2) is 4.68 Å². The number of halogens is 1. The van der Waals surface area contributed by atoms with E-state index in [0.29, 0.717) is 5.58 Å². The Balaban J connectivity index is 2.17. The van der Waals surface area contributed by atoms with Crippen LogP contribution in [0.3, 0.4) is 0 Å². The number of hydrogen-bond acceptors (Lipinski definition) is 1. The molecule has 104 valence electrons. The lowest BCUT2D eigenvalue weighted by Crippen LogP contribution is -2.37. The Morgan fingerprint density at radius 2 is 1.95 bits per heavy atom. The van der Waals surface area contributed by atoms with Crippen molar-refractivity contribution >= 4 is 21.9 Å². The molecular weight excluding hydrogens is 267 g/mol. The fourth-order valence-corrected chi connectivity index (χ4v) is 2.84. The Hall–Kier alpha value is -2.62. The van der Waals surface area contributed by atoms with Crippen LogP contribution in [0.25, 0.3) is 27.6 Å². The zero-order chi connectivity index (χ0) is 14.6. The lowest BCUT2D eigenvalue weighted by molar-refractivity contribution is -0.744. The molecule has 2 heterocycles. The number of fused-ring (bicyclic) bond motifs is 3. The molecule has 0 saturated carbocycles. The molecule has 0 atom stereocenters. The fraction of sp³-hybridized carbons (Fsp3) is 0.118. The number of nitrogens with zero attached hydrogens (tertiary/aromatic N) is 2. The molecule has 0 aliphatic rings. The van der Waals surface area contributed by atoms with E-state index in [4.69, 9.17) is 4.42 Å². The molecule has 4 aromatic rings. The standard InChI is InChI=1S/C17H14FN2O/c1-11-4-6-14-13-7-5-12(18)10-15(13)21-17(14)16(11)20-9-3-8-19(20)2/h3-10H,1-2H3/q+1. The highest BCUT2D eigenvalue weighted by molar-refractivity contribution is 6.07. The van der Waals surface area contributed by atoms with Crippen LogP contribution in [0.4, 0.5) is 4.39 Å². The van der Waals surface area contributed by atoms with Gasteiger partial charge in [0.2, 0.25) is 0 Å². The molecule has 2 aromatic heterocycles. The maximum absolute atomic E-state index is 13.4. The van der Waals surface area contributed by atoms with Crippen LogP contribution >= 0.6 is 0 Å². The average molecular weight is 281 g/mol. The van der Waals surface area contributed by atoms with Crippen molar-refractivity contribution in [1.29, 1.82) is 0 Å². The van der Waals surface area contributed by atoms with E-state index in [1.165, 1.54) is 12.1 Å². The third-order valence-electron chi connectivity index (χ3n) is 3.88. The van der Waals surface area contributed by atoms with Gasteiger partial charge in [0, 0.05) is 22.9 Å². The van der Waals surface area contributed by atoms with Gasteiger partial charge in [-0.1, -0.05) is 12.1 Å². The minimum Gasteiger partial charge on any atom is -0.453 e. The van der Waals surface area contributed by atoms with Gasteiger partial charge in [-0.3, -0.25) is 0 Å². The molecule has 0 saturated heterocycles. The number of aromatic nitrogens is 2. The summed E-state index contributed by atoms with van der Waals surface area (Å²) in [6.45, 7) is 2.04. The van der Waals surface area contributed by atoms with Gasteiger partial charge in [-0.15, -0.1) is 9.36 Å². The number of benzene rings is 2. The fourth-order valence-electron chi connectivity index (χ4n) is 2.84. The first kappa shape index (κ1) is 12.1. The molecule has 0 radical (unpaired) electrons. The van der Waals surface area contributed by atoms with E-state index in [0.717, 1.165) is 27.6 Å². The Morgan fingerprint density at radius 3 is 2.71 bits per heavy atom. The molecule has 21 heavy (non-hydrogen) atoms. The van der Waals surface area contributed by atoms with Crippen LogP contribution in [0.1, 0.15) is 5.56 Å². The van der Waals surface area contributed by atoms with E-state index in [2.05, 4.69) is 6.07 Å². The smallest absolute Gasteiger partial charge is 0.195 e. The van der Waals surface area contributed by atoms with Gasteiger partial charge in [-0.05, 0) is 24.6 Å². The Labute approximate surface area is 120 Å². The molecule has 2 aromatic carbocycles. The van der Waals surface area contributed by atoms with Gasteiger partial charge in [-0.25, -0.2) is 4.39 Å². The summed E-state index contributed by atoms with van der Waals surface area (Å²) in [4.78, 5) is 0. The van der Waals surface area contributed by atoms with E-state index in [1.54, 1.807) is 6.07 Å². The van der Waals surface area contributed by atoms with E-state index < -0.39 is 0 Å². The number of furan rings is 1. The van der Waals surface area contributed by atoms with Gasteiger partial charge in [0.05, 0.1) is 6.20 Å². The lowest BCUT2D eigenvalue weighted by Gasteiger charge is -2.05. The van der Waals surface area contributed by atoms with Crippen molar-refractivity contribution in [3.8, 4) is 5.69 Å². The van der Waals surface area contributed by atoms with Crippen LogP contribution in [0.2, 0.25) is 0 Å². The van der Waals surface area contributed by atoms with E-state index in [1.807, 2.05) is 47.9 Å². The summed E-state index contributed by atoms with van der Waals surface area (Å²) in [6, 6.07) is 10.7. The second-order valence-electron chi connectivity index (χ2n) is 5.26. The topological polar surface area (TPSA) is 21.9 Å². The number of aryl methyl sites for hydroxylation is 2. The summed E-state index contributed by atoms with van der Waals surface area (Å²) in [5, 5.41) is 1.93. The molecule has 0 aliphatic heterocycles. The van der Waals surface area contributed by atoms with Crippen molar-refractivity contribution in [2.24, 2.45) is 7.05 Å². The zero-order valence-corrected chi connectivity index (χ0v) is 11.8. The third kappa shape index (κ3) is 1.69. The van der Waals surface area contributed by atoms with E-state index in [9.17, 15) is 4.39 Å². The zero-order valence-electron chi connectivity index (χ0n) is 11.8. The number of rotatable bonds is 1. The maximum atomic E-state index is 13.4. The normalized spacial score (nSPS) is 11.6. The quantitative estimate of drug-likeness (QED) is 0.488. The first-order valence-corrected chi connectivity index (χ1v) is 6.80. The van der Waals surface area contributed by atoms with Gasteiger partial charge in [-0.2, -0.15) is 0 Å². The Morgan fingerprint density at radius 1 is 1.14 bits per heavy atom. The van der Waals surface area contributed by atoms with Crippen molar-refractivity contribution in [2.75, 3.05) is 0 Å². The maximum Gasteiger partial charge on any atom is 0.195 e. The number of hydrogen-bond donors (Lipinski definition) is 0. The highest BCUT2D eigenvalue weighted by atomic mass is 19.1. The van der Waals surface area contributed by atoms with Gasteiger partial charge < -0.3 is 4.42 Å². The molecular formula is C17H14FN2O+. The molecule has 0 N–H and O–H groups in total. The van der Waals surface area contributed by atoms with Crippen molar-refractivity contribution < 1.29 is 13.5 Å². The molecule has 4 heteroatoms. The van der Waals surface area contributed by atoms with Crippen LogP contribution < -0.4 is 4.68 Å². The van der Waals surface area contributed by atoms with Crippen molar-refractivity contribution in [3.05, 3.63) is 60.2 Å². The van der Waals surface area contributed by atoms with Gasteiger partial charge in [0.1, 0.15) is 11.4 Å². The van der Waals surface area contributed by atoms with Crippen LogP contribution in [0.15, 0.2) is 53.2 Å². The Kier molecular flexibility index (Phi) is 2.42. The molecule has 0 fully saturated rings. The third-order valence-corrected chi connectivity index (χ3v) is 3.88. The predicted molar refractivity (Wildman–Crippen MR) is 78.9 cm³/mol. The summed E-state index contributed by atoms with van der Waals surface area (Å²) in [6.07, 6.45) is 3.95. The highest BCUT2D eigenvalue weighted by Gasteiger charge is 2.18. The second-order valence-corrected chi connectivity index (χ2v) is 5.26. The monoisotopic (exact) mass is 281 g/mol. The highest BCUT2D eigenvalue weighted by Crippen LogP contribution is 2.34. The molecule has 3 nitrogen and oxygen atoms in total. The lowest BCUT2D eigenvalue weighted by atomic mass is 10.1. The first-order valence-electron chi connectivity index (χ1n) is 6.80. The molecule has 0 unspecified atom stereocenters. The van der Waals surface area contributed by atoms with E-state index in [-0.39, 0.29) is 5.82 Å².